The van der Waals surface area contributed by atoms with Gasteiger partial charge in [-0.3, -0.25) is 9.78 Å². The summed E-state index contributed by atoms with van der Waals surface area (Å²) in [5, 5.41) is 0. The highest BCUT2D eigenvalue weighted by atomic mass is 16.1. The fraction of sp³-hybridized carbons (Fsp3) is 0.200. The van der Waals surface area contributed by atoms with Gasteiger partial charge in [0.2, 0.25) is 0 Å². The fourth-order valence-corrected chi connectivity index (χ4v) is 2.40. The molecule has 1 aromatic carbocycles. The zero-order valence-electron chi connectivity index (χ0n) is 9.47. The van der Waals surface area contributed by atoms with Crippen LogP contribution in [0.5, 0.6) is 0 Å². The Balaban J connectivity index is 1.73. The summed E-state index contributed by atoms with van der Waals surface area (Å²) in [6.07, 6.45) is 3.27. The number of hydrogen-bond donors (Lipinski definition) is 0. The van der Waals surface area contributed by atoms with Crippen LogP contribution in [0.4, 0.5) is 0 Å². The quantitative estimate of drug-likeness (QED) is 0.749. The molecule has 2 heteroatoms. The van der Waals surface area contributed by atoms with Crippen LogP contribution >= 0.6 is 0 Å². The number of hydrogen-bond acceptors (Lipinski definition) is 2. The van der Waals surface area contributed by atoms with E-state index in [9.17, 15) is 4.79 Å². The number of fused-ring (bicyclic) bond motifs is 1. The number of ketones is 1. The van der Waals surface area contributed by atoms with Gasteiger partial charge in [0.05, 0.1) is 0 Å². The van der Waals surface area contributed by atoms with Crippen LogP contribution in [-0.2, 0) is 6.42 Å². The Morgan fingerprint density at radius 1 is 1.18 bits per heavy atom. The third kappa shape index (κ3) is 1.86. The molecular formula is C15H13NO. The molecule has 0 N–H and O–H groups in total. The van der Waals surface area contributed by atoms with Crippen LogP contribution in [0.3, 0.4) is 0 Å². The van der Waals surface area contributed by atoms with E-state index >= 15 is 0 Å². The molecule has 1 unspecified atom stereocenters. The highest BCUT2D eigenvalue weighted by molar-refractivity contribution is 5.94. The molecule has 1 atom stereocenters. The summed E-state index contributed by atoms with van der Waals surface area (Å²) >= 11 is 0. The van der Waals surface area contributed by atoms with Crippen LogP contribution in [0.15, 0.2) is 48.7 Å². The van der Waals surface area contributed by atoms with E-state index in [-0.39, 0.29) is 5.78 Å². The lowest BCUT2D eigenvalue weighted by Crippen LogP contribution is -2.20. The summed E-state index contributed by atoms with van der Waals surface area (Å²) in [5.41, 5.74) is 3.29. The first kappa shape index (κ1) is 10.2. The highest BCUT2D eigenvalue weighted by Gasteiger charge is 2.27. The minimum atomic E-state index is 0.144. The third-order valence-corrected chi connectivity index (χ3v) is 3.34. The van der Waals surface area contributed by atoms with E-state index in [0.717, 1.165) is 6.42 Å². The maximum absolute atomic E-state index is 12.0. The average Bonchev–Trinajstić information content (AvgIpc) is 2.37. The van der Waals surface area contributed by atoms with Gasteiger partial charge >= 0.3 is 0 Å². The second kappa shape index (κ2) is 4.13. The first-order valence-corrected chi connectivity index (χ1v) is 5.86. The first-order valence-electron chi connectivity index (χ1n) is 5.86. The van der Waals surface area contributed by atoms with E-state index in [4.69, 9.17) is 0 Å². The van der Waals surface area contributed by atoms with E-state index in [1.807, 2.05) is 18.2 Å². The Hall–Kier alpha value is -1.96. The van der Waals surface area contributed by atoms with Crippen molar-refractivity contribution in [3.05, 3.63) is 65.5 Å². The van der Waals surface area contributed by atoms with Crippen molar-refractivity contribution in [3.8, 4) is 0 Å². The molecule has 1 aliphatic carbocycles. The predicted octanol–water partition coefficient (Wildman–Crippen LogP) is 2.99. The molecule has 0 fully saturated rings. The minimum Gasteiger partial charge on any atom is -0.292 e. The SMILES string of the molecule is O=C(CC1Cc2ccccc21)c1ccccn1. The molecule has 0 bridgehead atoms. The van der Waals surface area contributed by atoms with Crippen LogP contribution in [0.2, 0.25) is 0 Å². The average molecular weight is 223 g/mol. The lowest BCUT2D eigenvalue weighted by Gasteiger charge is -2.29. The number of carbonyl (C=O) groups excluding carboxylic acids is 1. The van der Waals surface area contributed by atoms with Crippen molar-refractivity contribution in [1.82, 2.24) is 4.98 Å². The van der Waals surface area contributed by atoms with Gasteiger partial charge in [0.15, 0.2) is 5.78 Å². The van der Waals surface area contributed by atoms with Crippen molar-refractivity contribution < 1.29 is 4.79 Å². The lowest BCUT2D eigenvalue weighted by molar-refractivity contribution is 0.0965. The molecule has 1 aliphatic rings. The van der Waals surface area contributed by atoms with E-state index in [0.29, 0.717) is 18.0 Å². The Morgan fingerprint density at radius 3 is 2.76 bits per heavy atom. The summed E-state index contributed by atoms with van der Waals surface area (Å²) in [6.45, 7) is 0. The predicted molar refractivity (Wildman–Crippen MR) is 66.1 cm³/mol. The number of benzene rings is 1. The Bertz CT molecular complexity index is 548. The summed E-state index contributed by atoms with van der Waals surface area (Å²) in [6, 6.07) is 13.8. The molecule has 0 saturated carbocycles. The summed E-state index contributed by atoms with van der Waals surface area (Å²) in [7, 11) is 0. The fourth-order valence-electron chi connectivity index (χ4n) is 2.40. The van der Waals surface area contributed by atoms with Gasteiger partial charge in [-0.25, -0.2) is 0 Å². The molecule has 1 heterocycles. The van der Waals surface area contributed by atoms with Gasteiger partial charge in [0.1, 0.15) is 5.69 Å². The third-order valence-electron chi connectivity index (χ3n) is 3.34. The number of rotatable bonds is 3. The molecule has 17 heavy (non-hydrogen) atoms. The summed E-state index contributed by atoms with van der Waals surface area (Å²) in [4.78, 5) is 16.1. The second-order valence-corrected chi connectivity index (χ2v) is 4.44. The van der Waals surface area contributed by atoms with Crippen LogP contribution in [-0.4, -0.2) is 10.8 Å². The zero-order chi connectivity index (χ0) is 11.7. The van der Waals surface area contributed by atoms with Crippen molar-refractivity contribution in [1.29, 1.82) is 0 Å². The number of carbonyl (C=O) groups is 1. The second-order valence-electron chi connectivity index (χ2n) is 4.44. The molecule has 0 spiro atoms. The van der Waals surface area contributed by atoms with Crippen LogP contribution in [0.1, 0.15) is 34.0 Å². The standard InChI is InChI=1S/C15H13NO/c17-15(14-7-3-4-8-16-14)10-12-9-11-5-1-2-6-13(11)12/h1-8,12H,9-10H2. The molecule has 0 aliphatic heterocycles. The minimum absolute atomic E-state index is 0.144. The number of nitrogens with zero attached hydrogens (tertiary/aromatic N) is 1. The normalized spacial score (nSPS) is 17.1. The van der Waals surface area contributed by atoms with Gasteiger partial charge in [-0.05, 0) is 35.6 Å². The van der Waals surface area contributed by atoms with Gasteiger partial charge in [0, 0.05) is 12.6 Å². The molecular weight excluding hydrogens is 210 g/mol. The van der Waals surface area contributed by atoms with E-state index in [1.54, 1.807) is 12.3 Å². The maximum atomic E-state index is 12.0. The van der Waals surface area contributed by atoms with Crippen molar-refractivity contribution in [2.45, 2.75) is 18.8 Å². The first-order chi connectivity index (χ1) is 8.34. The molecule has 0 radical (unpaired) electrons. The summed E-state index contributed by atoms with van der Waals surface area (Å²) < 4.78 is 0. The zero-order valence-corrected chi connectivity index (χ0v) is 9.47. The Kier molecular flexibility index (Phi) is 2.48. The maximum Gasteiger partial charge on any atom is 0.181 e. The molecule has 0 amide bonds. The van der Waals surface area contributed by atoms with E-state index in [2.05, 4.69) is 23.2 Å². The van der Waals surface area contributed by atoms with Crippen molar-refractivity contribution in [2.75, 3.05) is 0 Å². The van der Waals surface area contributed by atoms with Crippen LogP contribution in [0, 0.1) is 0 Å². The molecule has 2 nitrogen and oxygen atoms in total. The highest BCUT2D eigenvalue weighted by Crippen LogP contribution is 2.37. The van der Waals surface area contributed by atoms with Gasteiger partial charge in [0.25, 0.3) is 0 Å². The van der Waals surface area contributed by atoms with Gasteiger partial charge in [-0.15, -0.1) is 0 Å². The topological polar surface area (TPSA) is 30.0 Å². The van der Waals surface area contributed by atoms with Crippen LogP contribution in [0.25, 0.3) is 0 Å². The van der Waals surface area contributed by atoms with Crippen LogP contribution < -0.4 is 0 Å². The molecule has 1 aromatic heterocycles. The van der Waals surface area contributed by atoms with Gasteiger partial charge in [-0.2, -0.15) is 0 Å². The Labute approximate surface area is 100 Å². The smallest absolute Gasteiger partial charge is 0.181 e. The van der Waals surface area contributed by atoms with E-state index in [1.165, 1.54) is 11.1 Å². The van der Waals surface area contributed by atoms with Gasteiger partial charge in [-0.1, -0.05) is 30.3 Å². The largest absolute Gasteiger partial charge is 0.292 e. The number of Topliss-reactive ketones (excluding diaryl/α,β-unsaturated/α-hetero) is 1. The number of aromatic nitrogens is 1. The summed E-state index contributed by atoms with van der Waals surface area (Å²) in [5.74, 6) is 0.533. The number of pyridine rings is 1. The van der Waals surface area contributed by atoms with E-state index < -0.39 is 0 Å². The lowest BCUT2D eigenvalue weighted by atomic mass is 9.75. The molecule has 3 rings (SSSR count). The Morgan fingerprint density at radius 2 is 2.00 bits per heavy atom. The monoisotopic (exact) mass is 223 g/mol. The van der Waals surface area contributed by atoms with Crippen molar-refractivity contribution >= 4 is 5.78 Å². The van der Waals surface area contributed by atoms with Crippen molar-refractivity contribution in [3.63, 3.8) is 0 Å². The molecule has 2 aromatic rings. The molecule has 84 valence electrons. The van der Waals surface area contributed by atoms with Crippen molar-refractivity contribution in [2.24, 2.45) is 0 Å². The molecule has 0 saturated heterocycles. The van der Waals surface area contributed by atoms with Gasteiger partial charge < -0.3 is 0 Å².